The highest BCUT2D eigenvalue weighted by Crippen LogP contribution is 2.28. The van der Waals surface area contributed by atoms with Gasteiger partial charge in [-0.2, -0.15) is 0 Å². The van der Waals surface area contributed by atoms with Crippen LogP contribution in [0.1, 0.15) is 17.3 Å². The lowest BCUT2D eigenvalue weighted by molar-refractivity contribution is -0.107. The summed E-state index contributed by atoms with van der Waals surface area (Å²) < 4.78 is 11.3. The number of aryl methyl sites for hydroxylation is 1. The third kappa shape index (κ3) is 3.21. The molecule has 0 aliphatic carbocycles. The quantitative estimate of drug-likeness (QED) is 0.528. The first-order valence-corrected chi connectivity index (χ1v) is 8.29. The lowest BCUT2D eigenvalue weighted by Crippen LogP contribution is -2.01. The zero-order valence-corrected chi connectivity index (χ0v) is 14.2. The molecule has 0 saturated heterocycles. The summed E-state index contributed by atoms with van der Waals surface area (Å²) in [4.78, 5) is 19.3. The zero-order chi connectivity index (χ0) is 17.9. The van der Waals surface area contributed by atoms with Crippen LogP contribution in [0.25, 0.3) is 22.2 Å². The molecule has 130 valence electrons. The average Bonchev–Trinajstić information content (AvgIpc) is 3.29. The van der Waals surface area contributed by atoms with Gasteiger partial charge >= 0.3 is 0 Å². The van der Waals surface area contributed by atoms with Gasteiger partial charge in [0.15, 0.2) is 0 Å². The van der Waals surface area contributed by atoms with Gasteiger partial charge in [-0.25, -0.2) is 9.97 Å². The smallest absolute Gasteiger partial charge is 0.137 e. The molecule has 0 atom stereocenters. The molecule has 0 bridgehead atoms. The number of aldehydes is 1. The van der Waals surface area contributed by atoms with E-state index in [9.17, 15) is 4.79 Å². The van der Waals surface area contributed by atoms with Gasteiger partial charge in [0, 0.05) is 10.9 Å². The Morgan fingerprint density at radius 1 is 1.04 bits per heavy atom. The van der Waals surface area contributed by atoms with Crippen LogP contribution in [-0.4, -0.2) is 16.3 Å². The van der Waals surface area contributed by atoms with Crippen LogP contribution in [0.3, 0.4) is 0 Å². The van der Waals surface area contributed by atoms with E-state index in [1.54, 1.807) is 0 Å². The first kappa shape index (κ1) is 16.1. The number of carbonyl (C=O) groups excluding carboxylic acids is 1. The van der Waals surface area contributed by atoms with Gasteiger partial charge in [0.1, 0.15) is 41.5 Å². The van der Waals surface area contributed by atoms with Crippen molar-refractivity contribution in [2.75, 3.05) is 5.32 Å². The number of aromatic nitrogens is 2. The van der Waals surface area contributed by atoms with E-state index in [1.165, 1.54) is 6.33 Å². The Morgan fingerprint density at radius 3 is 2.73 bits per heavy atom. The van der Waals surface area contributed by atoms with Gasteiger partial charge in [0.25, 0.3) is 0 Å². The van der Waals surface area contributed by atoms with Crippen LogP contribution in [0.2, 0.25) is 0 Å². The van der Waals surface area contributed by atoms with E-state index in [-0.39, 0.29) is 6.42 Å². The van der Waals surface area contributed by atoms with Gasteiger partial charge in [0.05, 0.1) is 18.5 Å². The zero-order valence-electron chi connectivity index (χ0n) is 14.2. The molecule has 0 amide bonds. The molecule has 3 aromatic heterocycles. The van der Waals surface area contributed by atoms with Crippen molar-refractivity contribution in [2.45, 2.75) is 19.9 Å². The van der Waals surface area contributed by atoms with E-state index in [1.807, 2.05) is 49.4 Å². The number of hydrogen-bond acceptors (Lipinski definition) is 6. The van der Waals surface area contributed by atoms with Gasteiger partial charge < -0.3 is 18.9 Å². The number of carbonyl (C=O) groups is 1. The first-order valence-electron chi connectivity index (χ1n) is 8.29. The number of rotatable bonds is 6. The summed E-state index contributed by atoms with van der Waals surface area (Å²) in [7, 11) is 0. The molecule has 4 rings (SSSR count). The maximum absolute atomic E-state index is 10.6. The number of benzene rings is 1. The summed E-state index contributed by atoms with van der Waals surface area (Å²) in [5.74, 6) is 3.80. The second kappa shape index (κ2) is 6.84. The van der Waals surface area contributed by atoms with Gasteiger partial charge in [-0.05, 0) is 49.4 Å². The summed E-state index contributed by atoms with van der Waals surface area (Å²) in [6.45, 7) is 2.45. The van der Waals surface area contributed by atoms with Crippen molar-refractivity contribution in [1.29, 1.82) is 0 Å². The molecule has 6 nitrogen and oxygen atoms in total. The minimum atomic E-state index is 0.270. The normalized spacial score (nSPS) is 11.0. The van der Waals surface area contributed by atoms with Crippen molar-refractivity contribution in [3.63, 3.8) is 0 Å². The second-order valence-electron chi connectivity index (χ2n) is 5.96. The molecule has 0 spiro atoms. The summed E-state index contributed by atoms with van der Waals surface area (Å²) in [6, 6.07) is 13.4. The van der Waals surface area contributed by atoms with E-state index < -0.39 is 0 Å². The number of hydrogen-bond donors (Lipinski definition) is 1. The van der Waals surface area contributed by atoms with E-state index in [0.717, 1.165) is 40.1 Å². The highest BCUT2D eigenvalue weighted by atomic mass is 16.3. The van der Waals surface area contributed by atoms with Gasteiger partial charge in [-0.15, -0.1) is 0 Å². The molecule has 0 radical (unpaired) electrons. The predicted molar refractivity (Wildman–Crippen MR) is 97.8 cm³/mol. The van der Waals surface area contributed by atoms with Crippen molar-refractivity contribution in [1.82, 2.24) is 9.97 Å². The molecule has 0 saturated carbocycles. The molecule has 26 heavy (non-hydrogen) atoms. The molecule has 0 aliphatic heterocycles. The van der Waals surface area contributed by atoms with Crippen molar-refractivity contribution < 1.29 is 13.6 Å². The molecule has 6 heteroatoms. The molecule has 0 aliphatic rings. The van der Waals surface area contributed by atoms with Crippen LogP contribution in [-0.2, 0) is 17.8 Å². The molecular weight excluding hydrogens is 330 g/mol. The fraction of sp³-hybridized carbons (Fsp3) is 0.150. The van der Waals surface area contributed by atoms with Crippen molar-refractivity contribution in [3.8, 4) is 11.3 Å². The second-order valence-corrected chi connectivity index (χ2v) is 5.96. The molecule has 1 N–H and O–H groups in total. The molecular formula is C20H17N3O3. The van der Waals surface area contributed by atoms with E-state index >= 15 is 0 Å². The molecule has 4 aromatic rings. The fourth-order valence-corrected chi connectivity index (χ4v) is 2.83. The van der Waals surface area contributed by atoms with Crippen LogP contribution in [0.4, 0.5) is 5.82 Å². The minimum Gasteiger partial charge on any atom is -0.465 e. The standard InChI is InChI=1S/C20H17N3O3/c1-13-2-4-16(25-13)11-21-20-17-10-14(3-6-18(17)22-12-23-20)19-7-5-15(26-19)8-9-24/h2-7,9-10,12H,8,11H2,1H3,(H,21,22,23). The summed E-state index contributed by atoms with van der Waals surface area (Å²) in [5.41, 5.74) is 1.74. The number of nitrogens with one attached hydrogen (secondary N) is 1. The van der Waals surface area contributed by atoms with E-state index in [0.29, 0.717) is 18.1 Å². The van der Waals surface area contributed by atoms with Gasteiger partial charge in [-0.1, -0.05) is 0 Å². The SMILES string of the molecule is Cc1ccc(CNc2ncnc3ccc(-c4ccc(CC=O)o4)cc23)o1. The van der Waals surface area contributed by atoms with Crippen molar-refractivity contribution >= 4 is 23.0 Å². The number of nitrogens with zero attached hydrogens (tertiary/aromatic N) is 2. The van der Waals surface area contributed by atoms with Crippen LogP contribution < -0.4 is 5.32 Å². The lowest BCUT2D eigenvalue weighted by atomic mass is 10.1. The Bertz CT molecular complexity index is 1070. The Morgan fingerprint density at radius 2 is 1.92 bits per heavy atom. The summed E-state index contributed by atoms with van der Waals surface area (Å²) in [5, 5.41) is 4.19. The number of anilines is 1. The van der Waals surface area contributed by atoms with Gasteiger partial charge in [0.2, 0.25) is 0 Å². The van der Waals surface area contributed by atoms with Crippen LogP contribution in [0.15, 0.2) is 57.6 Å². The Hall–Kier alpha value is -3.41. The highest BCUT2D eigenvalue weighted by Gasteiger charge is 2.10. The number of fused-ring (bicyclic) bond motifs is 1. The first-order chi connectivity index (χ1) is 12.7. The molecule has 0 fully saturated rings. The van der Waals surface area contributed by atoms with Crippen LogP contribution in [0, 0.1) is 6.92 Å². The average molecular weight is 347 g/mol. The molecule has 0 unspecified atom stereocenters. The van der Waals surface area contributed by atoms with Crippen LogP contribution >= 0.6 is 0 Å². The van der Waals surface area contributed by atoms with Crippen LogP contribution in [0.5, 0.6) is 0 Å². The summed E-state index contributed by atoms with van der Waals surface area (Å²) >= 11 is 0. The Kier molecular flexibility index (Phi) is 4.23. The predicted octanol–water partition coefficient (Wildman–Crippen LogP) is 4.14. The van der Waals surface area contributed by atoms with E-state index in [4.69, 9.17) is 8.83 Å². The van der Waals surface area contributed by atoms with Crippen molar-refractivity contribution in [2.24, 2.45) is 0 Å². The Labute approximate surface area is 149 Å². The number of furan rings is 2. The Balaban J connectivity index is 1.65. The lowest BCUT2D eigenvalue weighted by Gasteiger charge is -2.08. The maximum Gasteiger partial charge on any atom is 0.137 e. The van der Waals surface area contributed by atoms with Crippen molar-refractivity contribution in [3.05, 3.63) is 66.1 Å². The topological polar surface area (TPSA) is 81.2 Å². The van der Waals surface area contributed by atoms with Gasteiger partial charge in [-0.3, -0.25) is 0 Å². The molecule has 3 heterocycles. The monoisotopic (exact) mass is 347 g/mol. The fourth-order valence-electron chi connectivity index (χ4n) is 2.83. The summed E-state index contributed by atoms with van der Waals surface area (Å²) in [6.07, 6.45) is 2.63. The largest absolute Gasteiger partial charge is 0.465 e. The molecule has 1 aromatic carbocycles. The third-order valence-corrected chi connectivity index (χ3v) is 4.09. The third-order valence-electron chi connectivity index (χ3n) is 4.09. The van der Waals surface area contributed by atoms with E-state index in [2.05, 4.69) is 15.3 Å². The highest BCUT2D eigenvalue weighted by molar-refractivity contribution is 5.92. The minimum absolute atomic E-state index is 0.270. The maximum atomic E-state index is 10.6.